The second-order valence-electron chi connectivity index (χ2n) is 9.49. The Labute approximate surface area is 193 Å². The normalized spacial score (nSPS) is 17.1. The molecule has 0 spiro atoms. The molecular weight excluding hydrogens is 420 g/mol. The highest BCUT2D eigenvalue weighted by atomic mass is 32.2. The molecule has 1 saturated heterocycles. The first-order valence-corrected chi connectivity index (χ1v) is 13.4. The lowest BCUT2D eigenvalue weighted by molar-refractivity contribution is 0.0683. The van der Waals surface area contributed by atoms with E-state index in [1.165, 1.54) is 11.3 Å². The predicted molar refractivity (Wildman–Crippen MR) is 131 cm³/mol. The summed E-state index contributed by atoms with van der Waals surface area (Å²) >= 11 is 0. The van der Waals surface area contributed by atoms with Gasteiger partial charge in [-0.1, -0.05) is 32.9 Å². The second-order valence-corrected chi connectivity index (χ2v) is 11.4. The molecule has 0 amide bonds. The predicted octanol–water partition coefficient (Wildman–Crippen LogP) is 4.89. The van der Waals surface area contributed by atoms with E-state index < -0.39 is 10.0 Å². The summed E-state index contributed by atoms with van der Waals surface area (Å²) in [5.41, 5.74) is 4.28. The van der Waals surface area contributed by atoms with Crippen molar-refractivity contribution in [1.82, 2.24) is 0 Å². The van der Waals surface area contributed by atoms with Crippen LogP contribution in [0.5, 0.6) is 0 Å². The Balaban J connectivity index is 1.59. The van der Waals surface area contributed by atoms with Gasteiger partial charge < -0.3 is 9.64 Å². The third kappa shape index (κ3) is 4.96. The molecule has 174 valence electrons. The molecule has 0 radical (unpaired) electrons. The Bertz CT molecular complexity index is 1010. The lowest BCUT2D eigenvalue weighted by Gasteiger charge is -2.29. The highest BCUT2D eigenvalue weighted by Crippen LogP contribution is 2.34. The van der Waals surface area contributed by atoms with Gasteiger partial charge in [-0.3, -0.25) is 4.31 Å². The van der Waals surface area contributed by atoms with Crippen molar-refractivity contribution in [3.05, 3.63) is 53.6 Å². The Morgan fingerprint density at radius 1 is 1.09 bits per heavy atom. The maximum Gasteiger partial charge on any atom is 0.264 e. The lowest BCUT2D eigenvalue weighted by Crippen LogP contribution is -2.34. The van der Waals surface area contributed by atoms with E-state index in [-0.39, 0.29) is 5.92 Å². The van der Waals surface area contributed by atoms with Gasteiger partial charge in [-0.05, 0) is 79.0 Å². The SMILES string of the molecule is CCc1ccc(N(CC(C)C)S(=O)(=O)c2ccc3c(c2)CCN3CC2CCOCC2)cc1. The van der Waals surface area contributed by atoms with Crippen LogP contribution in [-0.4, -0.2) is 41.3 Å². The molecule has 0 N–H and O–H groups in total. The molecule has 5 nitrogen and oxygen atoms in total. The average molecular weight is 457 g/mol. The maximum absolute atomic E-state index is 13.7. The first kappa shape index (κ1) is 23.1. The zero-order valence-corrected chi connectivity index (χ0v) is 20.4. The Kier molecular flexibility index (Phi) is 7.11. The van der Waals surface area contributed by atoms with Crippen LogP contribution in [0.4, 0.5) is 11.4 Å². The third-order valence-electron chi connectivity index (χ3n) is 6.61. The Hall–Kier alpha value is -2.05. The van der Waals surface area contributed by atoms with Crippen molar-refractivity contribution in [2.45, 2.75) is 51.3 Å². The van der Waals surface area contributed by atoms with Crippen molar-refractivity contribution in [2.24, 2.45) is 11.8 Å². The number of rotatable bonds is 8. The van der Waals surface area contributed by atoms with Crippen LogP contribution in [0.25, 0.3) is 0 Å². The summed E-state index contributed by atoms with van der Waals surface area (Å²) in [7, 11) is -3.64. The molecule has 4 rings (SSSR count). The monoisotopic (exact) mass is 456 g/mol. The molecule has 1 fully saturated rings. The summed E-state index contributed by atoms with van der Waals surface area (Å²) in [6, 6.07) is 13.6. The molecule has 2 aliphatic heterocycles. The van der Waals surface area contributed by atoms with Gasteiger partial charge in [-0.25, -0.2) is 8.42 Å². The van der Waals surface area contributed by atoms with E-state index in [1.807, 2.05) is 36.4 Å². The van der Waals surface area contributed by atoms with Gasteiger partial charge in [-0.15, -0.1) is 0 Å². The van der Waals surface area contributed by atoms with Crippen LogP contribution in [0.2, 0.25) is 0 Å². The molecule has 0 unspecified atom stereocenters. The van der Waals surface area contributed by atoms with Crippen LogP contribution in [0.1, 0.15) is 44.7 Å². The first-order chi connectivity index (χ1) is 15.4. The number of nitrogens with zero attached hydrogens (tertiary/aromatic N) is 2. The number of aryl methyl sites for hydroxylation is 1. The summed E-state index contributed by atoms with van der Waals surface area (Å²) in [6.07, 6.45) is 4.06. The zero-order chi connectivity index (χ0) is 22.7. The van der Waals surface area contributed by atoms with Gasteiger partial charge in [0.15, 0.2) is 0 Å². The molecule has 0 saturated carbocycles. The van der Waals surface area contributed by atoms with Crippen LogP contribution in [0, 0.1) is 11.8 Å². The molecule has 2 aromatic carbocycles. The Morgan fingerprint density at radius 3 is 2.47 bits per heavy atom. The third-order valence-corrected chi connectivity index (χ3v) is 8.40. The van der Waals surface area contributed by atoms with Gasteiger partial charge in [0.1, 0.15) is 0 Å². The van der Waals surface area contributed by atoms with E-state index in [1.54, 1.807) is 10.4 Å². The molecule has 6 heteroatoms. The van der Waals surface area contributed by atoms with Gasteiger partial charge in [0.25, 0.3) is 10.0 Å². The minimum atomic E-state index is -3.64. The van der Waals surface area contributed by atoms with Crippen molar-refractivity contribution in [3.63, 3.8) is 0 Å². The number of ether oxygens (including phenoxy) is 1. The van der Waals surface area contributed by atoms with E-state index in [0.717, 1.165) is 63.2 Å². The van der Waals surface area contributed by atoms with Crippen LogP contribution in [0.15, 0.2) is 47.4 Å². The summed E-state index contributed by atoms with van der Waals surface area (Å²) in [4.78, 5) is 2.82. The molecule has 2 heterocycles. The number of fused-ring (bicyclic) bond motifs is 1. The molecule has 2 aliphatic rings. The minimum Gasteiger partial charge on any atom is -0.381 e. The van der Waals surface area contributed by atoms with Crippen molar-refractivity contribution in [3.8, 4) is 0 Å². The fourth-order valence-corrected chi connectivity index (χ4v) is 6.42. The molecule has 32 heavy (non-hydrogen) atoms. The first-order valence-electron chi connectivity index (χ1n) is 12.0. The van der Waals surface area contributed by atoms with Gasteiger partial charge in [0.2, 0.25) is 0 Å². The van der Waals surface area contributed by atoms with Gasteiger partial charge in [0.05, 0.1) is 10.6 Å². The molecule has 0 aromatic heterocycles. The van der Waals surface area contributed by atoms with Gasteiger partial charge >= 0.3 is 0 Å². The Morgan fingerprint density at radius 2 is 1.81 bits per heavy atom. The van der Waals surface area contributed by atoms with E-state index in [9.17, 15) is 8.42 Å². The summed E-state index contributed by atoms with van der Waals surface area (Å²) < 4.78 is 34.5. The standard InChI is InChI=1S/C26H36N2O3S/c1-4-21-5-7-24(8-6-21)28(18-20(2)3)32(29,30)25-9-10-26-23(17-25)11-14-27(26)19-22-12-15-31-16-13-22/h5-10,17,20,22H,4,11-16,18-19H2,1-3H3. The number of benzene rings is 2. The van der Waals surface area contributed by atoms with Crippen molar-refractivity contribution >= 4 is 21.4 Å². The van der Waals surface area contributed by atoms with E-state index >= 15 is 0 Å². The van der Waals surface area contributed by atoms with Crippen LogP contribution < -0.4 is 9.21 Å². The number of hydrogen-bond acceptors (Lipinski definition) is 4. The summed E-state index contributed by atoms with van der Waals surface area (Å²) in [5.74, 6) is 0.880. The van der Waals surface area contributed by atoms with Crippen LogP contribution in [0.3, 0.4) is 0 Å². The van der Waals surface area contributed by atoms with Crippen molar-refractivity contribution in [2.75, 3.05) is 42.1 Å². The highest BCUT2D eigenvalue weighted by Gasteiger charge is 2.29. The molecule has 0 atom stereocenters. The number of anilines is 2. The fourth-order valence-electron chi connectivity index (χ4n) is 4.74. The second kappa shape index (κ2) is 9.84. The quantitative estimate of drug-likeness (QED) is 0.568. The van der Waals surface area contributed by atoms with Gasteiger partial charge in [-0.2, -0.15) is 0 Å². The van der Waals surface area contributed by atoms with E-state index in [0.29, 0.717) is 17.4 Å². The van der Waals surface area contributed by atoms with Crippen LogP contribution >= 0.6 is 0 Å². The molecule has 2 aromatic rings. The van der Waals surface area contributed by atoms with E-state index in [4.69, 9.17) is 4.74 Å². The maximum atomic E-state index is 13.7. The molecule has 0 aliphatic carbocycles. The summed E-state index contributed by atoms with van der Waals surface area (Å²) in [5, 5.41) is 0. The average Bonchev–Trinajstić information content (AvgIpc) is 3.20. The van der Waals surface area contributed by atoms with Gasteiger partial charge in [0, 0.05) is 38.5 Å². The molecule has 0 bridgehead atoms. The van der Waals surface area contributed by atoms with Crippen molar-refractivity contribution in [1.29, 1.82) is 0 Å². The van der Waals surface area contributed by atoms with Crippen molar-refractivity contribution < 1.29 is 13.2 Å². The number of sulfonamides is 1. The summed E-state index contributed by atoms with van der Waals surface area (Å²) in [6.45, 7) is 10.4. The minimum absolute atomic E-state index is 0.222. The zero-order valence-electron chi connectivity index (χ0n) is 19.6. The molecular formula is C26H36N2O3S. The van der Waals surface area contributed by atoms with Crippen LogP contribution in [-0.2, 0) is 27.6 Å². The highest BCUT2D eigenvalue weighted by molar-refractivity contribution is 7.92. The fraction of sp³-hybridized carbons (Fsp3) is 0.538. The topological polar surface area (TPSA) is 49.9 Å². The lowest BCUT2D eigenvalue weighted by atomic mass is 10.00. The van der Waals surface area contributed by atoms with E-state index in [2.05, 4.69) is 25.7 Å². The number of hydrogen-bond donors (Lipinski definition) is 0. The smallest absolute Gasteiger partial charge is 0.264 e. The largest absolute Gasteiger partial charge is 0.381 e.